The normalized spacial score (nSPS) is 10.9. The van der Waals surface area contributed by atoms with Crippen molar-refractivity contribution in [1.29, 1.82) is 0 Å². The smallest absolute Gasteiger partial charge is 0.305 e. The number of hydrogen-bond acceptors (Lipinski definition) is 5. The van der Waals surface area contributed by atoms with Crippen LogP contribution in [0.4, 0.5) is 11.4 Å². The van der Waals surface area contributed by atoms with Gasteiger partial charge in [-0.05, 0) is 24.6 Å². The molecule has 0 aliphatic heterocycles. The fourth-order valence-corrected chi connectivity index (χ4v) is 4.07. The minimum atomic E-state index is -0.902. The van der Waals surface area contributed by atoms with Crippen LogP contribution >= 0.6 is 0 Å². The van der Waals surface area contributed by atoms with Crippen LogP contribution in [-0.2, 0) is 23.9 Å². The summed E-state index contributed by atoms with van der Waals surface area (Å²) in [5.74, 6) is -1.09. The van der Waals surface area contributed by atoms with E-state index in [1.54, 1.807) is 18.2 Å². The van der Waals surface area contributed by atoms with Crippen molar-refractivity contribution in [2.45, 2.75) is 110 Å². The zero-order chi connectivity index (χ0) is 27.7. The molecule has 0 aliphatic rings. The van der Waals surface area contributed by atoms with E-state index >= 15 is 0 Å². The van der Waals surface area contributed by atoms with Crippen LogP contribution in [0.3, 0.4) is 0 Å². The molecule has 0 unspecified atom stereocenters. The molecule has 1 aromatic rings. The molecule has 0 aliphatic carbocycles. The highest BCUT2D eigenvalue weighted by Gasteiger charge is 2.06. The molecule has 0 saturated heterocycles. The molecule has 1 rings (SSSR count). The third-order valence-electron chi connectivity index (χ3n) is 6.24. The predicted octanol–water partition coefficient (Wildman–Crippen LogP) is 6.94. The zero-order valence-corrected chi connectivity index (χ0v) is 23.4. The Morgan fingerprint density at radius 2 is 1.08 bits per heavy atom. The summed E-state index contributed by atoms with van der Waals surface area (Å²) in [5.41, 5.74) is 1.28. The van der Waals surface area contributed by atoms with Crippen LogP contribution in [0, 0.1) is 0 Å². The standard InChI is InChI=1S/C30H50N2O6/c1-2-3-4-5-6-7-8-9-10-11-12-13-14-18-28(33)31-26-16-15-17-27(25-26)32-29(34)19-21-37-23-24-38-22-20-30(35)36/h15-17,25H,2-14,18-24H2,1H3,(H,31,33)(H,32,34)(H,35,36). The quantitative estimate of drug-likeness (QED) is 0.117. The molecule has 1 aromatic carbocycles. The molecule has 0 fully saturated rings. The first-order valence-electron chi connectivity index (χ1n) is 14.6. The van der Waals surface area contributed by atoms with Crippen LogP contribution in [-0.4, -0.2) is 49.3 Å². The van der Waals surface area contributed by atoms with E-state index in [1.807, 2.05) is 6.07 Å². The number of nitrogens with one attached hydrogen (secondary N) is 2. The van der Waals surface area contributed by atoms with Gasteiger partial charge in [0.1, 0.15) is 0 Å². The molecule has 8 nitrogen and oxygen atoms in total. The van der Waals surface area contributed by atoms with Gasteiger partial charge in [-0.3, -0.25) is 14.4 Å². The number of benzene rings is 1. The van der Waals surface area contributed by atoms with Crippen molar-refractivity contribution in [3.05, 3.63) is 24.3 Å². The summed E-state index contributed by atoms with van der Waals surface area (Å²) in [5, 5.41) is 14.3. The number of amides is 2. The van der Waals surface area contributed by atoms with E-state index in [9.17, 15) is 14.4 Å². The van der Waals surface area contributed by atoms with E-state index in [2.05, 4.69) is 17.6 Å². The minimum Gasteiger partial charge on any atom is -0.481 e. The van der Waals surface area contributed by atoms with Crippen LogP contribution in [0.5, 0.6) is 0 Å². The highest BCUT2D eigenvalue weighted by atomic mass is 16.5. The van der Waals surface area contributed by atoms with Crippen LogP contribution in [0.25, 0.3) is 0 Å². The summed E-state index contributed by atoms with van der Waals surface area (Å²) in [4.78, 5) is 34.8. The van der Waals surface area contributed by atoms with E-state index in [4.69, 9.17) is 14.6 Å². The van der Waals surface area contributed by atoms with Gasteiger partial charge in [0, 0.05) is 17.8 Å². The summed E-state index contributed by atoms with van der Waals surface area (Å²) >= 11 is 0. The van der Waals surface area contributed by atoms with Gasteiger partial charge in [-0.2, -0.15) is 0 Å². The average molecular weight is 535 g/mol. The third-order valence-corrected chi connectivity index (χ3v) is 6.24. The lowest BCUT2D eigenvalue weighted by Gasteiger charge is -2.09. The summed E-state index contributed by atoms with van der Waals surface area (Å²) < 4.78 is 10.5. The number of carboxylic acid groups (broad SMARTS) is 1. The summed E-state index contributed by atoms with van der Waals surface area (Å²) in [7, 11) is 0. The number of hydrogen-bond donors (Lipinski definition) is 3. The van der Waals surface area contributed by atoms with Crippen LogP contribution in [0.2, 0.25) is 0 Å². The number of carbonyl (C=O) groups is 3. The molecular weight excluding hydrogens is 484 g/mol. The van der Waals surface area contributed by atoms with Gasteiger partial charge in [0.15, 0.2) is 0 Å². The Morgan fingerprint density at radius 3 is 1.58 bits per heavy atom. The topological polar surface area (TPSA) is 114 Å². The number of carbonyl (C=O) groups excluding carboxylic acids is 2. The molecule has 0 radical (unpaired) electrons. The Kier molecular flexibility index (Phi) is 20.9. The van der Waals surface area contributed by atoms with Crippen molar-refractivity contribution in [2.75, 3.05) is 37.1 Å². The minimum absolute atomic E-state index is 0.00415. The number of ether oxygens (including phenoxy) is 2. The lowest BCUT2D eigenvalue weighted by molar-refractivity contribution is -0.138. The van der Waals surface area contributed by atoms with E-state index in [1.165, 1.54) is 70.6 Å². The fraction of sp³-hybridized carbons (Fsp3) is 0.700. The number of carboxylic acids is 1. The van der Waals surface area contributed by atoms with Gasteiger partial charge in [0.2, 0.25) is 11.8 Å². The molecule has 0 saturated carbocycles. The molecule has 3 N–H and O–H groups in total. The van der Waals surface area contributed by atoms with Gasteiger partial charge < -0.3 is 25.2 Å². The van der Waals surface area contributed by atoms with Gasteiger partial charge >= 0.3 is 5.97 Å². The van der Waals surface area contributed by atoms with Crippen LogP contribution in [0.15, 0.2) is 24.3 Å². The Morgan fingerprint density at radius 1 is 0.632 bits per heavy atom. The molecule has 38 heavy (non-hydrogen) atoms. The summed E-state index contributed by atoms with van der Waals surface area (Å²) in [6.45, 7) is 3.23. The van der Waals surface area contributed by atoms with E-state index in [0.717, 1.165) is 12.8 Å². The molecular formula is C30H50N2O6. The lowest BCUT2D eigenvalue weighted by atomic mass is 10.0. The summed E-state index contributed by atoms with van der Waals surface area (Å²) in [6, 6.07) is 7.13. The molecule has 0 heterocycles. The van der Waals surface area contributed by atoms with Crippen molar-refractivity contribution in [1.82, 2.24) is 0 Å². The highest BCUT2D eigenvalue weighted by Crippen LogP contribution is 2.17. The van der Waals surface area contributed by atoms with E-state index in [-0.39, 0.29) is 44.5 Å². The number of anilines is 2. The first-order chi connectivity index (χ1) is 18.5. The van der Waals surface area contributed by atoms with Crippen molar-refractivity contribution < 1.29 is 29.0 Å². The van der Waals surface area contributed by atoms with Gasteiger partial charge in [0.25, 0.3) is 0 Å². The molecule has 0 bridgehead atoms. The number of unbranched alkanes of at least 4 members (excludes halogenated alkanes) is 12. The fourth-order valence-electron chi connectivity index (χ4n) is 4.07. The molecule has 8 heteroatoms. The van der Waals surface area contributed by atoms with Crippen molar-refractivity contribution >= 4 is 29.2 Å². The van der Waals surface area contributed by atoms with Crippen LogP contribution in [0.1, 0.15) is 110 Å². The van der Waals surface area contributed by atoms with Gasteiger partial charge in [-0.15, -0.1) is 0 Å². The number of rotatable bonds is 25. The Bertz CT molecular complexity index is 771. The Hall–Kier alpha value is -2.45. The predicted molar refractivity (Wildman–Crippen MR) is 153 cm³/mol. The molecule has 2 amide bonds. The summed E-state index contributed by atoms with van der Waals surface area (Å²) in [6.07, 6.45) is 17.3. The maximum absolute atomic E-state index is 12.3. The van der Waals surface area contributed by atoms with Gasteiger partial charge in [0.05, 0.1) is 39.3 Å². The maximum Gasteiger partial charge on any atom is 0.305 e. The second-order valence-corrected chi connectivity index (χ2v) is 9.79. The SMILES string of the molecule is CCCCCCCCCCCCCCCC(=O)Nc1cccc(NC(=O)CCOCCOCCC(=O)O)c1. The molecule has 0 spiro atoms. The first-order valence-corrected chi connectivity index (χ1v) is 14.6. The monoisotopic (exact) mass is 534 g/mol. The van der Waals surface area contributed by atoms with Gasteiger partial charge in [-0.1, -0.05) is 90.0 Å². The van der Waals surface area contributed by atoms with Crippen molar-refractivity contribution in [3.63, 3.8) is 0 Å². The first kappa shape index (κ1) is 33.6. The molecule has 0 atom stereocenters. The largest absolute Gasteiger partial charge is 0.481 e. The van der Waals surface area contributed by atoms with Crippen molar-refractivity contribution in [2.24, 2.45) is 0 Å². The highest BCUT2D eigenvalue weighted by molar-refractivity contribution is 5.94. The number of aliphatic carboxylic acids is 1. The van der Waals surface area contributed by atoms with E-state index < -0.39 is 5.97 Å². The molecule has 0 aromatic heterocycles. The lowest BCUT2D eigenvalue weighted by Crippen LogP contribution is -2.16. The molecule has 216 valence electrons. The van der Waals surface area contributed by atoms with Gasteiger partial charge in [-0.25, -0.2) is 0 Å². The second kappa shape index (κ2) is 23.7. The third kappa shape index (κ3) is 20.6. The maximum atomic E-state index is 12.3. The van der Waals surface area contributed by atoms with E-state index in [0.29, 0.717) is 24.4 Å². The van der Waals surface area contributed by atoms with Crippen molar-refractivity contribution in [3.8, 4) is 0 Å². The average Bonchev–Trinajstić information content (AvgIpc) is 2.88. The van der Waals surface area contributed by atoms with Crippen LogP contribution < -0.4 is 10.6 Å². The Labute approximate surface area is 229 Å². The zero-order valence-electron chi connectivity index (χ0n) is 23.4. The second-order valence-electron chi connectivity index (χ2n) is 9.79. The Balaban J connectivity index is 2.06.